The fraction of sp³-hybridized carbons (Fsp3) is 0.231. The van der Waals surface area contributed by atoms with Gasteiger partial charge in [-0.25, -0.2) is 0 Å². The van der Waals surface area contributed by atoms with Crippen molar-refractivity contribution in [3.63, 3.8) is 0 Å². The van der Waals surface area contributed by atoms with Gasteiger partial charge in [0, 0.05) is 48.8 Å². The van der Waals surface area contributed by atoms with Gasteiger partial charge in [0.2, 0.25) is 0 Å². The van der Waals surface area contributed by atoms with Crippen LogP contribution in [0.2, 0.25) is 0 Å². The Hall–Kier alpha value is -2.50. The highest BCUT2D eigenvalue weighted by molar-refractivity contribution is 5.96. The Bertz CT molecular complexity index is 570. The summed E-state index contributed by atoms with van der Waals surface area (Å²) < 4.78 is 1.78. The standard InChI is InChI=1S/C13H17N5O/c1-18-12(3-5-17-18)2-4-16-13(19)9-6-10(14)8-11(15)7-9/h3,5-8H,2,4,14-15H2,1H3,(H,16,19). The molecule has 0 aliphatic heterocycles. The van der Waals surface area contributed by atoms with Crippen LogP contribution in [-0.4, -0.2) is 22.2 Å². The second-order valence-electron chi connectivity index (χ2n) is 4.34. The zero-order valence-corrected chi connectivity index (χ0v) is 10.8. The van der Waals surface area contributed by atoms with Crippen LogP contribution in [0, 0.1) is 0 Å². The van der Waals surface area contributed by atoms with Crippen LogP contribution in [-0.2, 0) is 13.5 Å². The van der Waals surface area contributed by atoms with Crippen molar-refractivity contribution >= 4 is 17.3 Å². The molecule has 100 valence electrons. The Morgan fingerprint density at radius 2 is 2.00 bits per heavy atom. The van der Waals surface area contributed by atoms with Gasteiger partial charge in [0.05, 0.1) is 0 Å². The lowest BCUT2D eigenvalue weighted by atomic mass is 10.1. The van der Waals surface area contributed by atoms with Gasteiger partial charge in [-0.3, -0.25) is 9.48 Å². The highest BCUT2D eigenvalue weighted by Gasteiger charge is 2.07. The van der Waals surface area contributed by atoms with Gasteiger partial charge in [-0.15, -0.1) is 0 Å². The van der Waals surface area contributed by atoms with Crippen LogP contribution < -0.4 is 16.8 Å². The summed E-state index contributed by atoms with van der Waals surface area (Å²) in [7, 11) is 1.87. The highest BCUT2D eigenvalue weighted by Crippen LogP contribution is 2.13. The molecule has 0 saturated carbocycles. The Kier molecular flexibility index (Phi) is 3.70. The maximum Gasteiger partial charge on any atom is 0.251 e. The molecule has 0 spiro atoms. The normalized spacial score (nSPS) is 10.4. The van der Waals surface area contributed by atoms with Crippen molar-refractivity contribution in [1.29, 1.82) is 0 Å². The third-order valence-electron chi connectivity index (χ3n) is 2.83. The molecule has 5 N–H and O–H groups in total. The van der Waals surface area contributed by atoms with Crippen LogP contribution in [0.1, 0.15) is 16.1 Å². The van der Waals surface area contributed by atoms with E-state index in [9.17, 15) is 4.79 Å². The summed E-state index contributed by atoms with van der Waals surface area (Å²) in [5.74, 6) is -0.179. The molecular formula is C13H17N5O. The van der Waals surface area contributed by atoms with Crippen LogP contribution in [0.15, 0.2) is 30.5 Å². The van der Waals surface area contributed by atoms with Crippen LogP contribution in [0.5, 0.6) is 0 Å². The average molecular weight is 259 g/mol. The largest absolute Gasteiger partial charge is 0.399 e. The third-order valence-corrected chi connectivity index (χ3v) is 2.83. The topological polar surface area (TPSA) is 99.0 Å². The molecule has 2 rings (SSSR count). The number of rotatable bonds is 4. The van der Waals surface area contributed by atoms with Crippen molar-refractivity contribution in [3.8, 4) is 0 Å². The molecule has 1 aromatic carbocycles. The van der Waals surface area contributed by atoms with E-state index in [2.05, 4.69) is 10.4 Å². The molecule has 19 heavy (non-hydrogen) atoms. The zero-order chi connectivity index (χ0) is 13.8. The molecule has 1 heterocycles. The first-order chi connectivity index (χ1) is 9.06. The molecule has 0 atom stereocenters. The number of nitrogens with two attached hydrogens (primary N) is 2. The van der Waals surface area contributed by atoms with E-state index in [4.69, 9.17) is 11.5 Å². The first-order valence-electron chi connectivity index (χ1n) is 5.97. The lowest BCUT2D eigenvalue weighted by Crippen LogP contribution is -2.26. The summed E-state index contributed by atoms with van der Waals surface area (Å²) in [5.41, 5.74) is 13.8. The second kappa shape index (κ2) is 5.43. The van der Waals surface area contributed by atoms with Crippen molar-refractivity contribution in [2.45, 2.75) is 6.42 Å². The molecular weight excluding hydrogens is 242 g/mol. The zero-order valence-electron chi connectivity index (χ0n) is 10.8. The molecule has 0 fully saturated rings. The predicted molar refractivity (Wildman–Crippen MR) is 74.5 cm³/mol. The van der Waals surface area contributed by atoms with Crippen molar-refractivity contribution < 1.29 is 4.79 Å². The summed E-state index contributed by atoms with van der Waals surface area (Å²) in [4.78, 5) is 11.9. The first-order valence-corrected chi connectivity index (χ1v) is 5.97. The van der Waals surface area contributed by atoms with Gasteiger partial charge in [-0.2, -0.15) is 5.10 Å². The highest BCUT2D eigenvalue weighted by atomic mass is 16.1. The first kappa shape index (κ1) is 12.9. The maximum atomic E-state index is 11.9. The number of anilines is 2. The lowest BCUT2D eigenvalue weighted by molar-refractivity contribution is 0.0954. The summed E-state index contributed by atoms with van der Waals surface area (Å²) >= 11 is 0. The van der Waals surface area contributed by atoms with E-state index in [0.29, 0.717) is 23.5 Å². The minimum atomic E-state index is -0.179. The smallest absolute Gasteiger partial charge is 0.251 e. The molecule has 1 aromatic heterocycles. The lowest BCUT2D eigenvalue weighted by Gasteiger charge is -2.07. The summed E-state index contributed by atoms with van der Waals surface area (Å²) in [6, 6.07) is 6.75. The number of carbonyl (C=O) groups excluding carboxylic acids is 1. The van der Waals surface area contributed by atoms with E-state index in [0.717, 1.165) is 12.1 Å². The monoisotopic (exact) mass is 259 g/mol. The fourth-order valence-corrected chi connectivity index (χ4v) is 1.86. The number of hydrogen-bond donors (Lipinski definition) is 3. The second-order valence-corrected chi connectivity index (χ2v) is 4.34. The number of benzene rings is 1. The van der Waals surface area contributed by atoms with Crippen molar-refractivity contribution in [2.24, 2.45) is 7.05 Å². The molecule has 0 saturated heterocycles. The maximum absolute atomic E-state index is 11.9. The molecule has 0 radical (unpaired) electrons. The number of nitrogen functional groups attached to an aromatic ring is 2. The van der Waals surface area contributed by atoms with E-state index >= 15 is 0 Å². The Balaban J connectivity index is 1.92. The number of aromatic nitrogens is 2. The van der Waals surface area contributed by atoms with E-state index < -0.39 is 0 Å². The number of amides is 1. The van der Waals surface area contributed by atoms with Gasteiger partial charge < -0.3 is 16.8 Å². The number of hydrogen-bond acceptors (Lipinski definition) is 4. The van der Waals surface area contributed by atoms with Gasteiger partial charge in [0.1, 0.15) is 0 Å². The Morgan fingerprint density at radius 3 is 2.58 bits per heavy atom. The van der Waals surface area contributed by atoms with E-state index in [1.807, 2.05) is 13.1 Å². The minimum absolute atomic E-state index is 0.179. The molecule has 0 unspecified atom stereocenters. The molecule has 0 bridgehead atoms. The van der Waals surface area contributed by atoms with Crippen molar-refractivity contribution in [3.05, 3.63) is 41.7 Å². The Morgan fingerprint density at radius 1 is 1.32 bits per heavy atom. The molecule has 6 heteroatoms. The van der Waals surface area contributed by atoms with Crippen LogP contribution in [0.25, 0.3) is 0 Å². The number of aryl methyl sites for hydroxylation is 1. The van der Waals surface area contributed by atoms with Gasteiger partial charge in [0.15, 0.2) is 0 Å². The number of carbonyl (C=O) groups is 1. The number of nitrogens with zero attached hydrogens (tertiary/aromatic N) is 2. The SMILES string of the molecule is Cn1nccc1CCNC(=O)c1cc(N)cc(N)c1. The molecule has 0 aliphatic carbocycles. The van der Waals surface area contributed by atoms with Gasteiger partial charge in [-0.1, -0.05) is 0 Å². The van der Waals surface area contributed by atoms with Crippen LogP contribution >= 0.6 is 0 Å². The van der Waals surface area contributed by atoms with E-state index in [1.165, 1.54) is 0 Å². The quantitative estimate of drug-likeness (QED) is 0.698. The molecule has 0 aliphatic rings. The summed E-state index contributed by atoms with van der Waals surface area (Å²) in [6.07, 6.45) is 2.45. The molecule has 1 amide bonds. The van der Waals surface area contributed by atoms with E-state index in [1.54, 1.807) is 29.1 Å². The minimum Gasteiger partial charge on any atom is -0.399 e. The van der Waals surface area contributed by atoms with Gasteiger partial charge >= 0.3 is 0 Å². The summed E-state index contributed by atoms with van der Waals surface area (Å²) in [5, 5.41) is 6.89. The fourth-order valence-electron chi connectivity index (χ4n) is 1.86. The Labute approximate surface area is 111 Å². The van der Waals surface area contributed by atoms with Crippen molar-refractivity contribution in [2.75, 3.05) is 18.0 Å². The van der Waals surface area contributed by atoms with E-state index in [-0.39, 0.29) is 5.91 Å². The van der Waals surface area contributed by atoms with Crippen LogP contribution in [0.4, 0.5) is 11.4 Å². The predicted octanol–water partition coefficient (Wildman–Crippen LogP) is 0.557. The van der Waals surface area contributed by atoms with Gasteiger partial charge in [-0.05, 0) is 24.3 Å². The van der Waals surface area contributed by atoms with Gasteiger partial charge in [0.25, 0.3) is 5.91 Å². The molecule has 2 aromatic rings. The summed E-state index contributed by atoms with van der Waals surface area (Å²) in [6.45, 7) is 0.535. The average Bonchev–Trinajstić information content (AvgIpc) is 2.74. The van der Waals surface area contributed by atoms with Crippen molar-refractivity contribution in [1.82, 2.24) is 15.1 Å². The third kappa shape index (κ3) is 3.25. The number of nitrogens with one attached hydrogen (secondary N) is 1. The van der Waals surface area contributed by atoms with Crippen LogP contribution in [0.3, 0.4) is 0 Å². The molecule has 6 nitrogen and oxygen atoms in total.